The Kier molecular flexibility index (Phi) is 6.02. The van der Waals surface area contributed by atoms with Crippen molar-refractivity contribution < 1.29 is 9.53 Å². The van der Waals surface area contributed by atoms with E-state index in [9.17, 15) is 4.79 Å². The summed E-state index contributed by atoms with van der Waals surface area (Å²) in [5, 5.41) is 2.93. The van der Waals surface area contributed by atoms with Crippen LogP contribution < -0.4 is 4.74 Å². The van der Waals surface area contributed by atoms with Crippen LogP contribution in [0.25, 0.3) is 10.8 Å². The number of rotatable bonds is 5. The molecule has 4 rings (SSSR count). The quantitative estimate of drug-likeness (QED) is 0.622. The number of nitrogens with zero attached hydrogens (tertiary/aromatic N) is 2. The van der Waals surface area contributed by atoms with Gasteiger partial charge in [-0.1, -0.05) is 60.1 Å². The maximum Gasteiger partial charge on any atom is 0.260 e. The number of hydrogen-bond donors (Lipinski definition) is 0. The Morgan fingerprint density at radius 2 is 1.69 bits per heavy atom. The van der Waals surface area contributed by atoms with Crippen LogP contribution in [0, 0.1) is 6.92 Å². The van der Waals surface area contributed by atoms with Gasteiger partial charge in [-0.05, 0) is 35.6 Å². The predicted octanol–water partition coefficient (Wildman–Crippen LogP) is 4.52. The fourth-order valence-electron chi connectivity index (χ4n) is 3.77. The molecule has 0 radical (unpaired) electrons. The Labute approximate surface area is 176 Å². The summed E-state index contributed by atoms with van der Waals surface area (Å²) in [4.78, 5) is 17.0. The van der Waals surface area contributed by atoms with Crippen LogP contribution in [-0.4, -0.2) is 48.5 Å². The molecule has 4 nitrogen and oxygen atoms in total. The van der Waals surface area contributed by atoms with Gasteiger partial charge in [-0.3, -0.25) is 9.69 Å². The summed E-state index contributed by atoms with van der Waals surface area (Å²) >= 11 is 5.95. The maximum absolute atomic E-state index is 12.7. The third-order valence-corrected chi connectivity index (χ3v) is 5.71. The Balaban J connectivity index is 1.31. The number of benzene rings is 3. The van der Waals surface area contributed by atoms with Crippen molar-refractivity contribution in [1.29, 1.82) is 0 Å². The molecule has 0 N–H and O–H groups in total. The van der Waals surface area contributed by atoms with Crippen LogP contribution in [0.3, 0.4) is 0 Å². The summed E-state index contributed by atoms with van der Waals surface area (Å²) in [5.41, 5.74) is 2.29. The Hall–Kier alpha value is -2.56. The van der Waals surface area contributed by atoms with Gasteiger partial charge in [0.1, 0.15) is 5.75 Å². The lowest BCUT2D eigenvalue weighted by Gasteiger charge is -2.34. The number of piperazine rings is 1. The van der Waals surface area contributed by atoms with Crippen molar-refractivity contribution in [2.75, 3.05) is 32.8 Å². The number of halogens is 1. The van der Waals surface area contributed by atoms with E-state index in [1.165, 1.54) is 5.56 Å². The Morgan fingerprint density at radius 3 is 2.45 bits per heavy atom. The van der Waals surface area contributed by atoms with Gasteiger partial charge < -0.3 is 9.64 Å². The van der Waals surface area contributed by atoms with Crippen LogP contribution in [0.4, 0.5) is 0 Å². The number of ether oxygens (including phenoxy) is 1. The van der Waals surface area contributed by atoms with Gasteiger partial charge in [-0.25, -0.2) is 0 Å². The fraction of sp³-hybridized carbons (Fsp3) is 0.292. The van der Waals surface area contributed by atoms with Crippen molar-refractivity contribution in [2.45, 2.75) is 13.5 Å². The first kappa shape index (κ1) is 19.7. The summed E-state index contributed by atoms with van der Waals surface area (Å²) < 4.78 is 5.98. The van der Waals surface area contributed by atoms with Gasteiger partial charge >= 0.3 is 0 Å². The fourth-order valence-corrected chi connectivity index (χ4v) is 3.90. The molecule has 0 bridgehead atoms. The minimum absolute atomic E-state index is 0.0449. The van der Waals surface area contributed by atoms with E-state index < -0.39 is 0 Å². The summed E-state index contributed by atoms with van der Waals surface area (Å²) in [6.45, 7) is 6.15. The van der Waals surface area contributed by atoms with Gasteiger partial charge in [-0.2, -0.15) is 0 Å². The molecule has 0 unspecified atom stereocenters. The topological polar surface area (TPSA) is 32.8 Å². The molecule has 1 aliphatic heterocycles. The molecule has 0 aromatic heterocycles. The highest BCUT2D eigenvalue weighted by atomic mass is 35.5. The molecule has 0 spiro atoms. The highest BCUT2D eigenvalue weighted by molar-refractivity contribution is 6.30. The van der Waals surface area contributed by atoms with E-state index in [2.05, 4.69) is 29.2 Å². The number of carbonyl (C=O) groups is 1. The molecular weight excluding hydrogens is 384 g/mol. The van der Waals surface area contributed by atoms with E-state index >= 15 is 0 Å². The predicted molar refractivity (Wildman–Crippen MR) is 117 cm³/mol. The van der Waals surface area contributed by atoms with Crippen LogP contribution in [0.2, 0.25) is 5.02 Å². The SMILES string of the molecule is Cc1ccc2ccccc2c1OCC(=O)N1CCN(Cc2ccc(Cl)cc2)CC1. The van der Waals surface area contributed by atoms with E-state index in [1.54, 1.807) is 0 Å². The first-order valence-electron chi connectivity index (χ1n) is 9.96. The van der Waals surface area contributed by atoms with Gasteiger partial charge in [-0.15, -0.1) is 0 Å². The van der Waals surface area contributed by atoms with Crippen molar-refractivity contribution in [3.63, 3.8) is 0 Å². The number of amides is 1. The molecule has 1 heterocycles. The van der Waals surface area contributed by atoms with E-state index in [-0.39, 0.29) is 12.5 Å². The molecular formula is C24H25ClN2O2. The second-order valence-corrected chi connectivity index (χ2v) is 7.94. The first-order valence-corrected chi connectivity index (χ1v) is 10.3. The molecule has 0 aliphatic carbocycles. The second kappa shape index (κ2) is 8.85. The zero-order chi connectivity index (χ0) is 20.2. The average Bonchev–Trinajstić information content (AvgIpc) is 2.75. The molecule has 1 aliphatic rings. The van der Waals surface area contributed by atoms with Crippen LogP contribution in [0.5, 0.6) is 5.75 Å². The average molecular weight is 409 g/mol. The van der Waals surface area contributed by atoms with Gasteiger partial charge in [0.2, 0.25) is 0 Å². The van der Waals surface area contributed by atoms with E-state index in [1.807, 2.05) is 48.2 Å². The largest absolute Gasteiger partial charge is 0.483 e. The molecule has 29 heavy (non-hydrogen) atoms. The lowest BCUT2D eigenvalue weighted by molar-refractivity contribution is -0.135. The molecule has 1 amide bonds. The van der Waals surface area contributed by atoms with Gasteiger partial charge in [0.15, 0.2) is 6.61 Å². The summed E-state index contributed by atoms with van der Waals surface area (Å²) in [7, 11) is 0. The van der Waals surface area contributed by atoms with Crippen molar-refractivity contribution >= 4 is 28.3 Å². The van der Waals surface area contributed by atoms with Crippen LogP contribution in [0.1, 0.15) is 11.1 Å². The first-order chi connectivity index (χ1) is 14.1. The zero-order valence-electron chi connectivity index (χ0n) is 16.6. The molecule has 5 heteroatoms. The smallest absolute Gasteiger partial charge is 0.260 e. The number of hydrogen-bond acceptors (Lipinski definition) is 3. The maximum atomic E-state index is 12.7. The molecule has 0 atom stereocenters. The molecule has 150 valence electrons. The minimum atomic E-state index is 0.0449. The zero-order valence-corrected chi connectivity index (χ0v) is 17.4. The summed E-state index contributed by atoms with van der Waals surface area (Å²) in [5.74, 6) is 0.848. The van der Waals surface area contributed by atoms with E-state index in [0.29, 0.717) is 0 Å². The van der Waals surface area contributed by atoms with Crippen molar-refractivity contribution in [2.24, 2.45) is 0 Å². The van der Waals surface area contributed by atoms with Gasteiger partial charge in [0.05, 0.1) is 0 Å². The van der Waals surface area contributed by atoms with Crippen molar-refractivity contribution in [3.8, 4) is 5.75 Å². The van der Waals surface area contributed by atoms with Crippen LogP contribution >= 0.6 is 11.6 Å². The number of aryl methyl sites for hydroxylation is 1. The lowest BCUT2D eigenvalue weighted by atomic mass is 10.1. The van der Waals surface area contributed by atoms with Crippen molar-refractivity contribution in [3.05, 3.63) is 76.8 Å². The molecule has 1 fully saturated rings. The molecule has 3 aromatic rings. The van der Waals surface area contributed by atoms with Crippen LogP contribution in [0.15, 0.2) is 60.7 Å². The van der Waals surface area contributed by atoms with E-state index in [4.69, 9.17) is 16.3 Å². The minimum Gasteiger partial charge on any atom is -0.483 e. The number of carbonyl (C=O) groups excluding carboxylic acids is 1. The molecule has 3 aromatic carbocycles. The Morgan fingerprint density at radius 1 is 0.966 bits per heavy atom. The van der Waals surface area contributed by atoms with Crippen molar-refractivity contribution in [1.82, 2.24) is 9.80 Å². The molecule has 1 saturated heterocycles. The van der Waals surface area contributed by atoms with E-state index in [0.717, 1.165) is 59.8 Å². The lowest BCUT2D eigenvalue weighted by Crippen LogP contribution is -2.49. The highest BCUT2D eigenvalue weighted by Crippen LogP contribution is 2.29. The highest BCUT2D eigenvalue weighted by Gasteiger charge is 2.22. The Bertz CT molecular complexity index is 995. The second-order valence-electron chi connectivity index (χ2n) is 7.50. The third kappa shape index (κ3) is 4.72. The number of fused-ring (bicyclic) bond motifs is 1. The summed E-state index contributed by atoms with van der Waals surface area (Å²) in [6.07, 6.45) is 0. The van der Waals surface area contributed by atoms with Crippen LogP contribution in [-0.2, 0) is 11.3 Å². The van der Waals surface area contributed by atoms with Gasteiger partial charge in [0.25, 0.3) is 5.91 Å². The monoisotopic (exact) mass is 408 g/mol. The summed E-state index contributed by atoms with van der Waals surface area (Å²) in [6, 6.07) is 20.2. The third-order valence-electron chi connectivity index (χ3n) is 5.46. The standard InChI is InChI=1S/C24H25ClN2O2/c1-18-6-9-20-4-2-3-5-22(20)24(18)29-17-23(28)27-14-12-26(13-15-27)16-19-7-10-21(25)11-8-19/h2-11H,12-17H2,1H3. The normalized spacial score (nSPS) is 14.9. The van der Waals surface area contributed by atoms with Gasteiger partial charge in [0, 0.05) is 43.1 Å². The molecule has 0 saturated carbocycles.